The van der Waals surface area contributed by atoms with E-state index in [0.717, 1.165) is 16.7 Å². The van der Waals surface area contributed by atoms with Crippen molar-refractivity contribution < 1.29 is 22.4 Å². The van der Waals surface area contributed by atoms with Gasteiger partial charge in [-0.1, -0.05) is 36.4 Å². The fourth-order valence-corrected chi connectivity index (χ4v) is 4.36. The lowest BCUT2D eigenvalue weighted by molar-refractivity contribution is 0.102. The Morgan fingerprint density at radius 3 is 2.40 bits per heavy atom. The van der Waals surface area contributed by atoms with E-state index in [4.69, 9.17) is 9.15 Å². The number of nitrogens with zero attached hydrogens (tertiary/aromatic N) is 1. The summed E-state index contributed by atoms with van der Waals surface area (Å²) in [6.45, 7) is 5.59. The number of nitrogens with one attached hydrogen (secondary N) is 2. The first-order chi connectivity index (χ1) is 16.7. The normalized spacial score (nSPS) is 11.9. The molecule has 0 saturated heterocycles. The molecule has 0 aliphatic rings. The number of aryl methyl sites for hydroxylation is 3. The Bertz CT molecular complexity index is 1610. The number of para-hydroxylation sites is 2. The first-order valence-corrected chi connectivity index (χ1v) is 12.3. The van der Waals surface area contributed by atoms with Crippen LogP contribution in [0.2, 0.25) is 0 Å². The number of anilines is 1. The number of rotatable bonds is 6. The molecule has 0 saturated carbocycles. The minimum Gasteiger partial charge on any atom is -0.493 e. The predicted molar refractivity (Wildman–Crippen MR) is 134 cm³/mol. The SMILES string of the molecule is COc1cccc2cc(C(=O)Nc3ccccc3C)/c(=N/NS(=O)(=O)c3ccc(C)c(C)c3)oc12. The number of amides is 1. The molecule has 35 heavy (non-hydrogen) atoms. The van der Waals surface area contributed by atoms with Crippen molar-refractivity contribution in [2.45, 2.75) is 25.7 Å². The Kier molecular flexibility index (Phi) is 6.61. The van der Waals surface area contributed by atoms with Crippen LogP contribution in [-0.2, 0) is 10.0 Å². The van der Waals surface area contributed by atoms with Gasteiger partial charge < -0.3 is 14.5 Å². The molecule has 1 heterocycles. The summed E-state index contributed by atoms with van der Waals surface area (Å²) < 4.78 is 37.1. The number of hydrogen-bond donors (Lipinski definition) is 2. The molecular formula is C26H25N3O5S. The van der Waals surface area contributed by atoms with Gasteiger partial charge in [-0.15, -0.1) is 5.10 Å². The van der Waals surface area contributed by atoms with Crippen LogP contribution in [-0.4, -0.2) is 21.4 Å². The lowest BCUT2D eigenvalue weighted by atomic mass is 10.1. The van der Waals surface area contributed by atoms with E-state index in [-0.39, 0.29) is 16.0 Å². The highest BCUT2D eigenvalue weighted by Gasteiger charge is 2.18. The number of hydrogen-bond acceptors (Lipinski definition) is 6. The molecule has 8 nitrogen and oxygen atoms in total. The number of carbonyl (C=O) groups is 1. The van der Waals surface area contributed by atoms with E-state index >= 15 is 0 Å². The van der Waals surface area contributed by atoms with Gasteiger partial charge in [0.2, 0.25) is 5.55 Å². The molecule has 1 aromatic heterocycles. The van der Waals surface area contributed by atoms with E-state index in [1.807, 2.05) is 32.9 Å². The molecular weight excluding hydrogens is 466 g/mol. The Morgan fingerprint density at radius 1 is 0.914 bits per heavy atom. The second-order valence-electron chi connectivity index (χ2n) is 8.07. The van der Waals surface area contributed by atoms with Gasteiger partial charge in [-0.25, -0.2) is 0 Å². The number of ether oxygens (including phenoxy) is 1. The molecule has 0 aliphatic carbocycles. The number of fused-ring (bicyclic) bond motifs is 1. The minimum absolute atomic E-state index is 0.0497. The third-order valence-corrected chi connectivity index (χ3v) is 6.86. The first kappa shape index (κ1) is 24.0. The van der Waals surface area contributed by atoms with E-state index in [1.165, 1.54) is 13.2 Å². The molecule has 0 fully saturated rings. The van der Waals surface area contributed by atoms with Crippen LogP contribution in [0, 0.1) is 20.8 Å². The molecule has 1 amide bonds. The topological polar surface area (TPSA) is 110 Å². The van der Waals surface area contributed by atoms with Gasteiger partial charge in [0.25, 0.3) is 15.9 Å². The maximum atomic E-state index is 13.2. The zero-order valence-electron chi connectivity index (χ0n) is 19.7. The quantitative estimate of drug-likeness (QED) is 0.388. The summed E-state index contributed by atoms with van der Waals surface area (Å²) in [6, 6.07) is 18.9. The van der Waals surface area contributed by atoms with Crippen molar-refractivity contribution in [2.75, 3.05) is 12.4 Å². The van der Waals surface area contributed by atoms with Gasteiger partial charge in [-0.2, -0.15) is 13.2 Å². The van der Waals surface area contributed by atoms with Crippen LogP contribution in [0.4, 0.5) is 5.69 Å². The van der Waals surface area contributed by atoms with Crippen molar-refractivity contribution in [1.82, 2.24) is 4.83 Å². The molecule has 0 unspecified atom stereocenters. The minimum atomic E-state index is -4.01. The summed E-state index contributed by atoms with van der Waals surface area (Å²) in [7, 11) is -2.53. The van der Waals surface area contributed by atoms with E-state index in [9.17, 15) is 13.2 Å². The predicted octanol–water partition coefficient (Wildman–Crippen LogP) is 4.41. The fraction of sp³-hybridized carbons (Fsp3) is 0.154. The van der Waals surface area contributed by atoms with Crippen molar-refractivity contribution in [3.63, 3.8) is 0 Å². The fourth-order valence-electron chi connectivity index (χ4n) is 3.47. The van der Waals surface area contributed by atoms with Gasteiger partial charge in [0, 0.05) is 11.1 Å². The summed E-state index contributed by atoms with van der Waals surface area (Å²) in [5, 5.41) is 7.42. The Morgan fingerprint density at radius 2 is 1.69 bits per heavy atom. The first-order valence-electron chi connectivity index (χ1n) is 10.8. The smallest absolute Gasteiger partial charge is 0.276 e. The summed E-state index contributed by atoms with van der Waals surface area (Å²) in [4.78, 5) is 15.5. The van der Waals surface area contributed by atoms with Crippen LogP contribution in [0.5, 0.6) is 5.75 Å². The van der Waals surface area contributed by atoms with Crippen molar-refractivity contribution >= 4 is 32.6 Å². The van der Waals surface area contributed by atoms with Gasteiger partial charge in [0.1, 0.15) is 5.56 Å². The molecule has 9 heteroatoms. The average molecular weight is 492 g/mol. The highest BCUT2D eigenvalue weighted by Crippen LogP contribution is 2.25. The monoisotopic (exact) mass is 491 g/mol. The van der Waals surface area contributed by atoms with Crippen molar-refractivity contribution in [3.8, 4) is 5.75 Å². The van der Waals surface area contributed by atoms with Crippen LogP contribution in [0.1, 0.15) is 27.0 Å². The Balaban J connectivity index is 1.82. The number of sulfonamides is 1. The van der Waals surface area contributed by atoms with E-state index < -0.39 is 15.9 Å². The Labute approximate surface area is 203 Å². The lowest BCUT2D eigenvalue weighted by Crippen LogP contribution is -2.27. The van der Waals surface area contributed by atoms with Crippen LogP contribution in [0.3, 0.4) is 0 Å². The van der Waals surface area contributed by atoms with Crippen molar-refractivity contribution in [1.29, 1.82) is 0 Å². The molecule has 180 valence electrons. The lowest BCUT2D eigenvalue weighted by Gasteiger charge is -2.10. The third-order valence-electron chi connectivity index (χ3n) is 5.65. The summed E-state index contributed by atoms with van der Waals surface area (Å²) in [5.74, 6) is -0.0845. The zero-order valence-corrected chi connectivity index (χ0v) is 20.6. The summed E-state index contributed by atoms with van der Waals surface area (Å²) in [6.07, 6.45) is 0. The standard InChI is InChI=1S/C26H25N3O5S/c1-16-12-13-20(14-18(16)3)35(31,32)29-28-26-21(25(30)27-22-10-6-5-8-17(22)2)15-19-9-7-11-23(33-4)24(19)34-26/h5-15,29H,1-4H3,(H,27,30)/b28-26-. The van der Waals surface area contributed by atoms with Crippen LogP contribution >= 0.6 is 0 Å². The second kappa shape index (κ2) is 9.63. The van der Waals surface area contributed by atoms with Gasteiger partial charge in [0.15, 0.2) is 11.3 Å². The van der Waals surface area contributed by atoms with E-state index in [0.29, 0.717) is 22.4 Å². The second-order valence-corrected chi connectivity index (χ2v) is 9.73. The van der Waals surface area contributed by atoms with Gasteiger partial charge >= 0.3 is 0 Å². The molecule has 4 rings (SSSR count). The number of carbonyl (C=O) groups excluding carboxylic acids is 1. The largest absolute Gasteiger partial charge is 0.493 e. The van der Waals surface area contributed by atoms with Crippen LogP contribution < -0.4 is 20.4 Å². The molecule has 0 atom stereocenters. The van der Waals surface area contributed by atoms with Crippen molar-refractivity contribution in [3.05, 3.63) is 94.5 Å². The van der Waals surface area contributed by atoms with Gasteiger partial charge in [-0.3, -0.25) is 4.79 Å². The third kappa shape index (κ3) is 5.04. The molecule has 0 spiro atoms. The van der Waals surface area contributed by atoms with Gasteiger partial charge in [0.05, 0.1) is 12.0 Å². The average Bonchev–Trinajstić information content (AvgIpc) is 2.84. The molecule has 0 radical (unpaired) electrons. The molecule has 2 N–H and O–H groups in total. The van der Waals surface area contributed by atoms with Crippen LogP contribution in [0.25, 0.3) is 11.0 Å². The highest BCUT2D eigenvalue weighted by molar-refractivity contribution is 7.89. The van der Waals surface area contributed by atoms with Crippen LogP contribution in [0.15, 0.2) is 81.1 Å². The number of benzene rings is 3. The van der Waals surface area contributed by atoms with Gasteiger partial charge in [-0.05, 0) is 67.8 Å². The molecule has 4 aromatic rings. The van der Waals surface area contributed by atoms with Crippen molar-refractivity contribution in [2.24, 2.45) is 5.10 Å². The van der Waals surface area contributed by atoms with E-state index in [2.05, 4.69) is 15.2 Å². The Hall–Kier alpha value is -4.11. The molecule has 0 bridgehead atoms. The maximum Gasteiger partial charge on any atom is 0.276 e. The molecule has 0 aliphatic heterocycles. The zero-order chi connectivity index (χ0) is 25.2. The molecule has 3 aromatic carbocycles. The van der Waals surface area contributed by atoms with E-state index in [1.54, 1.807) is 48.5 Å². The highest BCUT2D eigenvalue weighted by atomic mass is 32.2. The summed E-state index contributed by atoms with van der Waals surface area (Å²) in [5.41, 5.74) is 3.45. The summed E-state index contributed by atoms with van der Waals surface area (Å²) >= 11 is 0. The maximum absolute atomic E-state index is 13.2. The number of methoxy groups -OCH3 is 1.